The fourth-order valence-corrected chi connectivity index (χ4v) is 2.51. The third kappa shape index (κ3) is 1.84. The van der Waals surface area contributed by atoms with E-state index in [1.54, 1.807) is 0 Å². The monoisotopic (exact) mass is 179 g/mol. The summed E-state index contributed by atoms with van der Waals surface area (Å²) >= 11 is 0. The average Bonchev–Trinajstić information content (AvgIpc) is 2.70. The van der Waals surface area contributed by atoms with Gasteiger partial charge in [0.1, 0.15) is 6.04 Å². The number of rotatable bonds is 1. The Balaban J connectivity index is 1.98. The van der Waals surface area contributed by atoms with Crippen LogP contribution in [0, 0.1) is 11.3 Å². The van der Waals surface area contributed by atoms with Gasteiger partial charge >= 0.3 is 0 Å². The van der Waals surface area contributed by atoms with Crippen molar-refractivity contribution in [3.05, 3.63) is 0 Å². The topological polar surface area (TPSA) is 39.1 Å². The summed E-state index contributed by atoms with van der Waals surface area (Å²) in [4.78, 5) is 2.41. The van der Waals surface area contributed by atoms with Crippen LogP contribution in [0.4, 0.5) is 0 Å². The van der Waals surface area contributed by atoms with Crippen molar-refractivity contribution < 1.29 is 0 Å². The van der Waals surface area contributed by atoms with Gasteiger partial charge in [-0.05, 0) is 12.8 Å². The van der Waals surface area contributed by atoms with Gasteiger partial charge in [0, 0.05) is 25.7 Å². The van der Waals surface area contributed by atoms with Crippen molar-refractivity contribution in [3.8, 4) is 6.07 Å². The predicted octanol–water partition coefficient (Wildman–Crippen LogP) is 0.726. The Kier molecular flexibility index (Phi) is 2.82. The molecule has 0 radical (unpaired) electrons. The van der Waals surface area contributed by atoms with E-state index in [9.17, 15) is 0 Å². The van der Waals surface area contributed by atoms with Crippen molar-refractivity contribution in [2.75, 3.05) is 19.6 Å². The van der Waals surface area contributed by atoms with Crippen LogP contribution in [0.15, 0.2) is 0 Å². The highest BCUT2D eigenvalue weighted by Crippen LogP contribution is 2.25. The summed E-state index contributed by atoms with van der Waals surface area (Å²) < 4.78 is 0. The Hall–Kier alpha value is -0.590. The lowest BCUT2D eigenvalue weighted by atomic mass is 10.1. The van der Waals surface area contributed by atoms with Crippen molar-refractivity contribution in [2.45, 2.75) is 37.8 Å². The van der Waals surface area contributed by atoms with Crippen molar-refractivity contribution >= 4 is 0 Å². The van der Waals surface area contributed by atoms with Gasteiger partial charge in [-0.3, -0.25) is 4.90 Å². The molecule has 0 aromatic rings. The van der Waals surface area contributed by atoms with E-state index in [4.69, 9.17) is 5.26 Å². The molecule has 2 rings (SSSR count). The maximum atomic E-state index is 8.99. The number of hydrogen-bond acceptors (Lipinski definition) is 3. The molecule has 1 saturated heterocycles. The van der Waals surface area contributed by atoms with E-state index in [-0.39, 0.29) is 6.04 Å². The smallest absolute Gasteiger partial charge is 0.111 e. The van der Waals surface area contributed by atoms with Crippen LogP contribution in [0.3, 0.4) is 0 Å². The summed E-state index contributed by atoms with van der Waals surface area (Å²) in [6, 6.07) is 3.22. The maximum absolute atomic E-state index is 8.99. The fourth-order valence-electron chi connectivity index (χ4n) is 2.51. The Morgan fingerprint density at radius 2 is 2.08 bits per heavy atom. The first kappa shape index (κ1) is 8.98. The van der Waals surface area contributed by atoms with Gasteiger partial charge in [-0.1, -0.05) is 12.8 Å². The zero-order chi connectivity index (χ0) is 9.10. The molecule has 1 heterocycles. The first-order valence-corrected chi connectivity index (χ1v) is 5.28. The van der Waals surface area contributed by atoms with E-state index in [0.29, 0.717) is 6.04 Å². The van der Waals surface area contributed by atoms with E-state index in [1.807, 2.05) is 0 Å². The Bertz CT molecular complexity index is 203. The van der Waals surface area contributed by atoms with Gasteiger partial charge in [-0.25, -0.2) is 0 Å². The summed E-state index contributed by atoms with van der Waals surface area (Å²) in [5, 5.41) is 12.3. The van der Waals surface area contributed by atoms with E-state index in [2.05, 4.69) is 16.3 Å². The Morgan fingerprint density at radius 1 is 1.31 bits per heavy atom. The molecule has 0 amide bonds. The molecular weight excluding hydrogens is 162 g/mol. The normalized spacial score (nSPS) is 31.8. The molecule has 13 heavy (non-hydrogen) atoms. The van der Waals surface area contributed by atoms with Crippen LogP contribution in [-0.4, -0.2) is 36.6 Å². The first-order chi connectivity index (χ1) is 6.42. The number of nitrogens with zero attached hydrogens (tertiary/aromatic N) is 2. The van der Waals surface area contributed by atoms with E-state index in [1.165, 1.54) is 25.7 Å². The van der Waals surface area contributed by atoms with Gasteiger partial charge in [0.15, 0.2) is 0 Å². The highest BCUT2D eigenvalue weighted by atomic mass is 15.2. The van der Waals surface area contributed by atoms with Crippen LogP contribution in [0.1, 0.15) is 25.7 Å². The van der Waals surface area contributed by atoms with Gasteiger partial charge in [0.25, 0.3) is 0 Å². The fraction of sp³-hybridized carbons (Fsp3) is 0.900. The molecule has 1 unspecified atom stereocenters. The quantitative estimate of drug-likeness (QED) is 0.645. The Morgan fingerprint density at radius 3 is 2.77 bits per heavy atom. The van der Waals surface area contributed by atoms with E-state index in [0.717, 1.165) is 19.6 Å². The van der Waals surface area contributed by atoms with Crippen LogP contribution < -0.4 is 5.32 Å². The summed E-state index contributed by atoms with van der Waals surface area (Å²) in [6.45, 7) is 2.96. The number of piperazine rings is 1. The zero-order valence-corrected chi connectivity index (χ0v) is 8.00. The molecule has 0 aromatic carbocycles. The third-order valence-electron chi connectivity index (χ3n) is 3.23. The second-order valence-corrected chi connectivity index (χ2v) is 4.03. The van der Waals surface area contributed by atoms with Crippen LogP contribution in [0.5, 0.6) is 0 Å². The lowest BCUT2D eigenvalue weighted by molar-refractivity contribution is 0.139. The summed E-state index contributed by atoms with van der Waals surface area (Å²) in [5.41, 5.74) is 0. The number of hydrogen-bond donors (Lipinski definition) is 1. The molecular formula is C10H17N3. The minimum atomic E-state index is 0.122. The lowest BCUT2D eigenvalue weighted by Crippen LogP contribution is -2.53. The molecule has 2 aliphatic rings. The maximum Gasteiger partial charge on any atom is 0.111 e. The largest absolute Gasteiger partial charge is 0.313 e. The summed E-state index contributed by atoms with van der Waals surface area (Å²) in [5.74, 6) is 0. The lowest BCUT2D eigenvalue weighted by Gasteiger charge is -2.36. The molecule has 1 atom stereocenters. The van der Waals surface area contributed by atoms with Crippen molar-refractivity contribution in [1.29, 1.82) is 5.26 Å². The van der Waals surface area contributed by atoms with Crippen molar-refractivity contribution in [1.82, 2.24) is 10.2 Å². The number of nitriles is 1. The highest BCUT2D eigenvalue weighted by Gasteiger charge is 2.30. The van der Waals surface area contributed by atoms with Crippen LogP contribution in [0.25, 0.3) is 0 Å². The standard InChI is InChI=1S/C10H17N3/c11-7-10-8-12-5-6-13(10)9-3-1-2-4-9/h9-10,12H,1-6,8H2. The average molecular weight is 179 g/mol. The third-order valence-corrected chi connectivity index (χ3v) is 3.23. The molecule has 1 N–H and O–H groups in total. The number of nitrogens with one attached hydrogen (secondary N) is 1. The summed E-state index contributed by atoms with van der Waals surface area (Å²) in [7, 11) is 0. The minimum absolute atomic E-state index is 0.122. The zero-order valence-electron chi connectivity index (χ0n) is 8.00. The van der Waals surface area contributed by atoms with Gasteiger partial charge < -0.3 is 5.32 Å². The molecule has 3 nitrogen and oxygen atoms in total. The van der Waals surface area contributed by atoms with Gasteiger partial charge in [-0.2, -0.15) is 5.26 Å². The molecule has 3 heteroatoms. The molecule has 0 spiro atoms. The molecule has 72 valence electrons. The second-order valence-electron chi connectivity index (χ2n) is 4.03. The molecule has 1 aliphatic heterocycles. The van der Waals surface area contributed by atoms with Crippen LogP contribution in [0.2, 0.25) is 0 Å². The minimum Gasteiger partial charge on any atom is -0.313 e. The van der Waals surface area contributed by atoms with Crippen LogP contribution >= 0.6 is 0 Å². The molecule has 1 aliphatic carbocycles. The molecule has 1 saturated carbocycles. The van der Waals surface area contributed by atoms with Gasteiger partial charge in [-0.15, -0.1) is 0 Å². The Labute approximate surface area is 79.7 Å². The van der Waals surface area contributed by atoms with Crippen LogP contribution in [-0.2, 0) is 0 Å². The van der Waals surface area contributed by atoms with E-state index < -0.39 is 0 Å². The van der Waals surface area contributed by atoms with Crippen molar-refractivity contribution in [3.63, 3.8) is 0 Å². The molecule has 2 fully saturated rings. The van der Waals surface area contributed by atoms with Gasteiger partial charge in [0.05, 0.1) is 6.07 Å². The van der Waals surface area contributed by atoms with E-state index >= 15 is 0 Å². The highest BCUT2D eigenvalue weighted by molar-refractivity contribution is 4.99. The second kappa shape index (κ2) is 4.08. The molecule has 0 bridgehead atoms. The predicted molar refractivity (Wildman–Crippen MR) is 51.2 cm³/mol. The SMILES string of the molecule is N#CC1CNCCN1C1CCCC1. The first-order valence-electron chi connectivity index (χ1n) is 5.28. The summed E-state index contributed by atoms with van der Waals surface area (Å²) in [6.07, 6.45) is 5.32. The molecule has 0 aromatic heterocycles. The van der Waals surface area contributed by atoms with Gasteiger partial charge in [0.2, 0.25) is 0 Å². The van der Waals surface area contributed by atoms with Crippen molar-refractivity contribution in [2.24, 2.45) is 0 Å².